The SMILES string of the molecule is CC1=[N+](C)[N-]CCC1. The van der Waals surface area contributed by atoms with E-state index in [9.17, 15) is 0 Å². The number of nitrogens with zero attached hydrogens (tertiary/aromatic N) is 2. The highest BCUT2D eigenvalue weighted by molar-refractivity contribution is 5.77. The first kappa shape index (κ1) is 5.60. The monoisotopic (exact) mass is 112 g/mol. The van der Waals surface area contributed by atoms with Crippen molar-refractivity contribution in [3.63, 3.8) is 0 Å². The molecule has 46 valence electrons. The lowest BCUT2D eigenvalue weighted by atomic mass is 10.2. The van der Waals surface area contributed by atoms with Crippen molar-refractivity contribution < 1.29 is 4.68 Å². The van der Waals surface area contributed by atoms with Gasteiger partial charge in [-0.15, -0.1) is 0 Å². The number of rotatable bonds is 0. The Balaban J connectivity index is 2.60. The molecular weight excluding hydrogens is 100 g/mol. The van der Waals surface area contributed by atoms with E-state index in [0.29, 0.717) is 0 Å². The van der Waals surface area contributed by atoms with Gasteiger partial charge >= 0.3 is 0 Å². The Kier molecular flexibility index (Phi) is 1.51. The molecule has 0 saturated heterocycles. The predicted octanol–water partition coefficient (Wildman–Crippen LogP) is 1.17. The van der Waals surface area contributed by atoms with Crippen LogP contribution >= 0.6 is 0 Å². The van der Waals surface area contributed by atoms with Gasteiger partial charge < -0.3 is 5.43 Å². The molecule has 0 aromatic rings. The molecule has 0 bridgehead atoms. The second kappa shape index (κ2) is 2.16. The maximum Gasteiger partial charge on any atom is 0.144 e. The van der Waals surface area contributed by atoms with Crippen molar-refractivity contribution in [2.45, 2.75) is 19.8 Å². The zero-order chi connectivity index (χ0) is 5.98. The number of hydrogen-bond donors (Lipinski definition) is 0. The van der Waals surface area contributed by atoms with Crippen LogP contribution in [0.25, 0.3) is 5.43 Å². The summed E-state index contributed by atoms with van der Waals surface area (Å²) < 4.78 is 1.98. The van der Waals surface area contributed by atoms with E-state index in [4.69, 9.17) is 0 Å². The van der Waals surface area contributed by atoms with Gasteiger partial charge in [0.15, 0.2) is 0 Å². The fourth-order valence-electron chi connectivity index (χ4n) is 0.838. The number of hydrogen-bond acceptors (Lipinski definition) is 0. The molecule has 0 aromatic heterocycles. The standard InChI is InChI=1S/C6H12N2/c1-6-4-3-5-7-8(6)2/h3-5H2,1-2H3. The molecule has 1 aliphatic heterocycles. The normalized spacial score (nSPS) is 20.8. The summed E-state index contributed by atoms with van der Waals surface area (Å²) in [5, 5.41) is 0. The molecule has 0 saturated carbocycles. The molecule has 0 spiro atoms. The van der Waals surface area contributed by atoms with Gasteiger partial charge in [0.05, 0.1) is 0 Å². The zero-order valence-corrected chi connectivity index (χ0v) is 5.52. The van der Waals surface area contributed by atoms with Gasteiger partial charge in [0.1, 0.15) is 12.8 Å². The Hall–Kier alpha value is -0.530. The summed E-state index contributed by atoms with van der Waals surface area (Å²) in [5.74, 6) is 0. The molecule has 0 amide bonds. The van der Waals surface area contributed by atoms with Gasteiger partial charge in [-0.05, 0) is 0 Å². The van der Waals surface area contributed by atoms with Crippen LogP contribution in [-0.4, -0.2) is 24.0 Å². The third-order valence-electron chi connectivity index (χ3n) is 1.56. The summed E-state index contributed by atoms with van der Waals surface area (Å²) in [5.41, 5.74) is 5.59. The summed E-state index contributed by atoms with van der Waals surface area (Å²) in [4.78, 5) is 0. The minimum Gasteiger partial charge on any atom is -0.441 e. The average Bonchev–Trinajstić information content (AvgIpc) is 1.77. The van der Waals surface area contributed by atoms with Gasteiger partial charge in [-0.3, -0.25) is 4.68 Å². The smallest absolute Gasteiger partial charge is 0.144 e. The summed E-state index contributed by atoms with van der Waals surface area (Å²) in [6.45, 7) is 3.14. The van der Waals surface area contributed by atoms with Crippen LogP contribution < -0.4 is 0 Å². The van der Waals surface area contributed by atoms with Gasteiger partial charge in [0.2, 0.25) is 0 Å². The second-order valence-corrected chi connectivity index (χ2v) is 2.23. The van der Waals surface area contributed by atoms with Crippen LogP contribution in [0.1, 0.15) is 19.8 Å². The molecule has 0 aromatic carbocycles. The highest BCUT2D eigenvalue weighted by Crippen LogP contribution is 2.04. The third-order valence-corrected chi connectivity index (χ3v) is 1.56. The van der Waals surface area contributed by atoms with Gasteiger partial charge in [-0.2, -0.15) is 0 Å². The minimum absolute atomic E-state index is 1.01. The highest BCUT2D eigenvalue weighted by Gasteiger charge is 2.01. The highest BCUT2D eigenvalue weighted by atomic mass is 15.4. The van der Waals surface area contributed by atoms with Crippen molar-refractivity contribution in [1.29, 1.82) is 0 Å². The van der Waals surface area contributed by atoms with Crippen molar-refractivity contribution in [3.05, 3.63) is 5.43 Å². The maximum atomic E-state index is 4.21. The van der Waals surface area contributed by atoms with Crippen LogP contribution in [0.2, 0.25) is 0 Å². The minimum atomic E-state index is 1.01. The van der Waals surface area contributed by atoms with E-state index in [-0.39, 0.29) is 0 Å². The average molecular weight is 112 g/mol. The van der Waals surface area contributed by atoms with Crippen LogP contribution in [0.5, 0.6) is 0 Å². The molecule has 1 rings (SSSR count). The fourth-order valence-corrected chi connectivity index (χ4v) is 0.838. The molecule has 0 N–H and O–H groups in total. The van der Waals surface area contributed by atoms with Gasteiger partial charge in [-0.25, -0.2) is 0 Å². The van der Waals surface area contributed by atoms with Crippen molar-refractivity contribution in [2.24, 2.45) is 0 Å². The Morgan fingerprint density at radius 2 is 2.38 bits per heavy atom. The van der Waals surface area contributed by atoms with E-state index >= 15 is 0 Å². The van der Waals surface area contributed by atoms with Crippen LogP contribution in [0.4, 0.5) is 0 Å². The van der Waals surface area contributed by atoms with E-state index < -0.39 is 0 Å². The molecule has 2 heteroatoms. The lowest BCUT2D eigenvalue weighted by molar-refractivity contribution is -0.450. The lowest BCUT2D eigenvalue weighted by Gasteiger charge is -2.20. The molecule has 1 heterocycles. The Bertz CT molecular complexity index is 102. The van der Waals surface area contributed by atoms with Gasteiger partial charge in [0.25, 0.3) is 0 Å². The van der Waals surface area contributed by atoms with E-state index in [2.05, 4.69) is 12.3 Å². The zero-order valence-electron chi connectivity index (χ0n) is 5.52. The first-order valence-electron chi connectivity index (χ1n) is 3.04. The van der Waals surface area contributed by atoms with E-state index in [1.54, 1.807) is 0 Å². The predicted molar refractivity (Wildman–Crippen MR) is 34.3 cm³/mol. The molecule has 0 aliphatic carbocycles. The van der Waals surface area contributed by atoms with E-state index in [0.717, 1.165) is 6.54 Å². The van der Waals surface area contributed by atoms with Crippen LogP contribution in [-0.2, 0) is 0 Å². The van der Waals surface area contributed by atoms with Crippen molar-refractivity contribution in [2.75, 3.05) is 13.6 Å². The van der Waals surface area contributed by atoms with E-state index in [1.807, 2.05) is 11.7 Å². The van der Waals surface area contributed by atoms with Crippen LogP contribution in [0.15, 0.2) is 0 Å². The molecule has 8 heavy (non-hydrogen) atoms. The molecule has 2 nitrogen and oxygen atoms in total. The maximum absolute atomic E-state index is 4.21. The Morgan fingerprint density at radius 3 is 2.75 bits per heavy atom. The van der Waals surface area contributed by atoms with E-state index in [1.165, 1.54) is 18.6 Å². The molecular formula is C6H12N2. The third kappa shape index (κ3) is 0.997. The summed E-state index contributed by atoms with van der Waals surface area (Å²) in [7, 11) is 2.01. The molecule has 0 unspecified atom stereocenters. The van der Waals surface area contributed by atoms with Crippen molar-refractivity contribution >= 4 is 5.71 Å². The molecule has 0 atom stereocenters. The van der Waals surface area contributed by atoms with Crippen LogP contribution in [0, 0.1) is 0 Å². The van der Waals surface area contributed by atoms with Gasteiger partial charge in [0, 0.05) is 13.3 Å². The Morgan fingerprint density at radius 1 is 1.62 bits per heavy atom. The topological polar surface area (TPSA) is 17.1 Å². The van der Waals surface area contributed by atoms with Crippen molar-refractivity contribution in [1.82, 2.24) is 0 Å². The molecule has 1 aliphatic rings. The molecule has 0 radical (unpaired) electrons. The fraction of sp³-hybridized carbons (Fsp3) is 0.833. The first-order valence-corrected chi connectivity index (χ1v) is 3.04. The Labute approximate surface area is 50.2 Å². The van der Waals surface area contributed by atoms with Gasteiger partial charge in [-0.1, -0.05) is 13.0 Å². The molecule has 0 fully saturated rings. The second-order valence-electron chi connectivity index (χ2n) is 2.23. The van der Waals surface area contributed by atoms with Crippen LogP contribution in [0.3, 0.4) is 0 Å². The first-order chi connectivity index (χ1) is 3.80. The lowest BCUT2D eigenvalue weighted by Crippen LogP contribution is -2.16. The summed E-state index contributed by atoms with van der Waals surface area (Å²) in [6, 6.07) is 0. The quantitative estimate of drug-likeness (QED) is 0.418. The van der Waals surface area contributed by atoms with Crippen molar-refractivity contribution in [3.8, 4) is 0 Å². The summed E-state index contributed by atoms with van der Waals surface area (Å²) >= 11 is 0. The summed E-state index contributed by atoms with van der Waals surface area (Å²) in [6.07, 6.45) is 2.45. The largest absolute Gasteiger partial charge is 0.441 e.